The van der Waals surface area contributed by atoms with E-state index >= 15 is 0 Å². The number of nitrogens with one attached hydrogen (secondary N) is 1. The Hall–Kier alpha value is -0.100. The molecule has 1 aromatic rings. The van der Waals surface area contributed by atoms with Gasteiger partial charge in [0.2, 0.25) is 0 Å². The normalized spacial score (nSPS) is 12.1. The minimum absolute atomic E-state index is 0. The molecule has 0 bridgehead atoms. The second kappa shape index (κ2) is 11.5. The maximum absolute atomic E-state index is 9.73. The fourth-order valence-electron chi connectivity index (χ4n) is 1.60. The first-order valence-electron chi connectivity index (χ1n) is 6.74. The molecule has 0 fully saturated rings. The summed E-state index contributed by atoms with van der Waals surface area (Å²) in [6.45, 7) is 5.67. The van der Waals surface area contributed by atoms with Gasteiger partial charge in [-0.15, -0.1) is 0 Å². The number of aliphatic hydroxyl groups excluding tert-OH is 1. The van der Waals surface area contributed by atoms with E-state index in [2.05, 4.69) is 5.32 Å². The number of hydrogen-bond donors (Lipinski definition) is 2. The quantitative estimate of drug-likeness (QED) is 0.666. The molecule has 20 heavy (non-hydrogen) atoms. The third-order valence-electron chi connectivity index (χ3n) is 2.72. The maximum atomic E-state index is 9.73. The molecular weight excluding hydrogens is 265 g/mol. The molecule has 0 aliphatic heterocycles. The third-order valence-corrected chi connectivity index (χ3v) is 2.72. The molecule has 0 saturated heterocycles. The molecule has 0 amide bonds. The van der Waals surface area contributed by atoms with Crippen molar-refractivity contribution in [3.05, 3.63) is 29.8 Å². The zero-order valence-electron chi connectivity index (χ0n) is 12.1. The molecule has 0 radical (unpaired) electrons. The first kappa shape index (κ1) is 19.9. The Morgan fingerprint density at radius 3 is 2.40 bits per heavy atom. The van der Waals surface area contributed by atoms with Crippen LogP contribution in [0, 0.1) is 0 Å². The van der Waals surface area contributed by atoms with Crippen molar-refractivity contribution < 1.29 is 14.6 Å². The molecule has 1 atom stereocenters. The van der Waals surface area contributed by atoms with Gasteiger partial charge >= 0.3 is 29.6 Å². The molecular formula is C15H26NNaO3. The van der Waals surface area contributed by atoms with Gasteiger partial charge < -0.3 is 19.9 Å². The Kier molecular flexibility index (Phi) is 11.5. The fourth-order valence-corrected chi connectivity index (χ4v) is 1.60. The molecule has 1 unspecified atom stereocenters. The van der Waals surface area contributed by atoms with E-state index < -0.39 is 6.10 Å². The average Bonchev–Trinajstić information content (AvgIpc) is 2.41. The van der Waals surface area contributed by atoms with Gasteiger partial charge in [0, 0.05) is 19.7 Å². The van der Waals surface area contributed by atoms with Crippen molar-refractivity contribution in [2.75, 3.05) is 26.9 Å². The van der Waals surface area contributed by atoms with Crippen LogP contribution in [0.2, 0.25) is 0 Å². The van der Waals surface area contributed by atoms with Gasteiger partial charge in [0.05, 0.1) is 6.61 Å². The van der Waals surface area contributed by atoms with Crippen molar-refractivity contribution in [1.82, 2.24) is 5.32 Å². The summed E-state index contributed by atoms with van der Waals surface area (Å²) in [4.78, 5) is 0. The summed E-state index contributed by atoms with van der Waals surface area (Å²) < 4.78 is 10.6. The molecule has 2 N–H and O–H groups in total. The molecule has 0 spiro atoms. The minimum atomic E-state index is -0.490. The Balaban J connectivity index is 0.00000361. The van der Waals surface area contributed by atoms with Crippen LogP contribution in [0.5, 0.6) is 5.75 Å². The van der Waals surface area contributed by atoms with Crippen LogP contribution in [0.3, 0.4) is 0 Å². The standard InChI is InChI=1S/C15H25NO3.Na.H/c1-12(2)16-10-14(17)11-19-15-6-4-13(5-7-15)8-9-18-3;;/h4-7,12,14,16-17H,8-11H2,1-3H3;;. The number of aliphatic hydroxyl groups is 1. The van der Waals surface area contributed by atoms with E-state index in [9.17, 15) is 5.11 Å². The Bertz CT molecular complexity index is 343. The third kappa shape index (κ3) is 8.95. The monoisotopic (exact) mass is 291 g/mol. The summed E-state index contributed by atoms with van der Waals surface area (Å²) in [7, 11) is 1.70. The van der Waals surface area contributed by atoms with Gasteiger partial charge in [-0.3, -0.25) is 0 Å². The average molecular weight is 291 g/mol. The summed E-state index contributed by atoms with van der Waals surface area (Å²) in [5, 5.41) is 12.9. The first-order valence-corrected chi connectivity index (χ1v) is 6.74. The van der Waals surface area contributed by atoms with E-state index in [1.807, 2.05) is 38.1 Å². The summed E-state index contributed by atoms with van der Waals surface area (Å²) in [5.41, 5.74) is 1.22. The molecule has 0 saturated carbocycles. The number of rotatable bonds is 9. The molecule has 110 valence electrons. The van der Waals surface area contributed by atoms with Crippen molar-refractivity contribution >= 4 is 29.6 Å². The van der Waals surface area contributed by atoms with Crippen molar-refractivity contribution in [3.63, 3.8) is 0 Å². The second-order valence-corrected chi connectivity index (χ2v) is 4.91. The van der Waals surface area contributed by atoms with Crippen LogP contribution in [-0.2, 0) is 11.2 Å². The molecule has 0 aliphatic carbocycles. The van der Waals surface area contributed by atoms with E-state index in [0.717, 1.165) is 18.8 Å². The van der Waals surface area contributed by atoms with E-state index in [4.69, 9.17) is 9.47 Å². The van der Waals surface area contributed by atoms with Crippen LogP contribution in [0.1, 0.15) is 19.4 Å². The van der Waals surface area contributed by atoms with Crippen LogP contribution in [0.4, 0.5) is 0 Å². The predicted molar refractivity (Wildman–Crippen MR) is 83.8 cm³/mol. The van der Waals surface area contributed by atoms with Crippen molar-refractivity contribution in [2.45, 2.75) is 32.4 Å². The van der Waals surface area contributed by atoms with Crippen molar-refractivity contribution in [3.8, 4) is 5.75 Å². The number of benzene rings is 1. The van der Waals surface area contributed by atoms with Gasteiger partial charge in [-0.05, 0) is 24.1 Å². The summed E-state index contributed by atoms with van der Waals surface area (Å²) in [6.07, 6.45) is 0.410. The van der Waals surface area contributed by atoms with Gasteiger partial charge in [0.1, 0.15) is 18.5 Å². The Morgan fingerprint density at radius 1 is 1.20 bits per heavy atom. The van der Waals surface area contributed by atoms with Gasteiger partial charge in [-0.2, -0.15) is 0 Å². The van der Waals surface area contributed by atoms with Crippen LogP contribution >= 0.6 is 0 Å². The Labute approximate surface area is 144 Å². The topological polar surface area (TPSA) is 50.7 Å². The second-order valence-electron chi connectivity index (χ2n) is 4.91. The number of hydrogen-bond acceptors (Lipinski definition) is 4. The number of methoxy groups -OCH3 is 1. The van der Waals surface area contributed by atoms with Gasteiger partial charge in [-0.25, -0.2) is 0 Å². The van der Waals surface area contributed by atoms with Crippen LogP contribution < -0.4 is 10.1 Å². The Morgan fingerprint density at radius 2 is 1.85 bits per heavy atom. The van der Waals surface area contributed by atoms with E-state index in [-0.39, 0.29) is 29.6 Å². The summed E-state index contributed by atoms with van der Waals surface area (Å²) >= 11 is 0. The summed E-state index contributed by atoms with van der Waals surface area (Å²) in [6, 6.07) is 8.26. The van der Waals surface area contributed by atoms with Crippen LogP contribution in [0.15, 0.2) is 24.3 Å². The first-order chi connectivity index (χ1) is 9.11. The molecule has 5 heteroatoms. The molecule has 1 rings (SSSR count). The van der Waals surface area contributed by atoms with Crippen molar-refractivity contribution in [2.24, 2.45) is 0 Å². The molecule has 0 aliphatic rings. The predicted octanol–water partition coefficient (Wildman–Crippen LogP) is 0.965. The van der Waals surface area contributed by atoms with Gasteiger partial charge in [-0.1, -0.05) is 26.0 Å². The zero-order valence-corrected chi connectivity index (χ0v) is 12.1. The molecule has 0 heterocycles. The zero-order chi connectivity index (χ0) is 14.1. The van der Waals surface area contributed by atoms with Gasteiger partial charge in [0.15, 0.2) is 0 Å². The summed E-state index contributed by atoms with van der Waals surface area (Å²) in [5.74, 6) is 0.782. The van der Waals surface area contributed by atoms with E-state index in [1.54, 1.807) is 7.11 Å². The fraction of sp³-hybridized carbons (Fsp3) is 0.600. The number of ether oxygens (including phenoxy) is 2. The van der Waals surface area contributed by atoms with Crippen LogP contribution in [0.25, 0.3) is 0 Å². The van der Waals surface area contributed by atoms with Crippen LogP contribution in [-0.4, -0.2) is 73.7 Å². The molecule has 1 aromatic carbocycles. The molecule has 4 nitrogen and oxygen atoms in total. The van der Waals surface area contributed by atoms with Gasteiger partial charge in [0.25, 0.3) is 0 Å². The SMILES string of the molecule is COCCc1ccc(OCC(O)CNC(C)C)cc1.[NaH]. The van der Waals surface area contributed by atoms with E-state index in [0.29, 0.717) is 19.2 Å². The molecule has 0 aromatic heterocycles. The van der Waals surface area contributed by atoms with Crippen molar-refractivity contribution in [1.29, 1.82) is 0 Å². The van der Waals surface area contributed by atoms with E-state index in [1.165, 1.54) is 5.56 Å².